The second-order valence-electron chi connectivity index (χ2n) is 2.96. The van der Waals surface area contributed by atoms with Crippen molar-refractivity contribution < 1.29 is 0 Å². The lowest BCUT2D eigenvalue weighted by atomic mass is 10.4. The van der Waals surface area contributed by atoms with Gasteiger partial charge in [0.25, 0.3) is 0 Å². The van der Waals surface area contributed by atoms with Crippen LogP contribution < -0.4 is 10.6 Å². The third-order valence-electron chi connectivity index (χ3n) is 1.82. The Balaban J connectivity index is 2.75. The topological polar surface area (TPSA) is 55.0 Å². The summed E-state index contributed by atoms with van der Waals surface area (Å²) in [6.07, 6.45) is 2.86. The normalized spacial score (nSPS) is 10.1. The Bertz CT molecular complexity index is 262. The number of aromatic nitrogens is 2. The highest BCUT2D eigenvalue weighted by Gasteiger charge is 2.01. The molecular weight excluding hydrogens is 164 g/mol. The van der Waals surface area contributed by atoms with E-state index >= 15 is 0 Å². The lowest BCUT2D eigenvalue weighted by Crippen LogP contribution is -2.20. The minimum atomic E-state index is 0.397. The second-order valence-corrected chi connectivity index (χ2v) is 2.96. The molecule has 1 aromatic rings. The second kappa shape index (κ2) is 4.77. The monoisotopic (exact) mass is 180 g/mol. The fraction of sp³-hybridized carbons (Fsp3) is 0.556. The van der Waals surface area contributed by atoms with E-state index in [1.54, 1.807) is 6.20 Å². The van der Waals surface area contributed by atoms with Crippen molar-refractivity contribution in [2.45, 2.75) is 19.9 Å². The van der Waals surface area contributed by atoms with Crippen LogP contribution in [0, 0.1) is 0 Å². The van der Waals surface area contributed by atoms with Crippen LogP contribution in [-0.4, -0.2) is 23.6 Å². The van der Waals surface area contributed by atoms with Crippen LogP contribution in [0.5, 0.6) is 0 Å². The third-order valence-corrected chi connectivity index (χ3v) is 1.82. The van der Waals surface area contributed by atoms with Crippen LogP contribution >= 0.6 is 0 Å². The largest absolute Gasteiger partial charge is 0.360 e. The van der Waals surface area contributed by atoms with Crippen LogP contribution in [0.3, 0.4) is 0 Å². The number of hydrogen-bond donors (Lipinski definition) is 1. The van der Waals surface area contributed by atoms with Crippen LogP contribution in [0.25, 0.3) is 0 Å². The van der Waals surface area contributed by atoms with Gasteiger partial charge < -0.3 is 10.6 Å². The zero-order valence-corrected chi connectivity index (χ0v) is 8.20. The molecule has 0 aliphatic carbocycles. The van der Waals surface area contributed by atoms with Gasteiger partial charge in [0, 0.05) is 19.8 Å². The van der Waals surface area contributed by atoms with E-state index in [4.69, 9.17) is 5.73 Å². The smallest absolute Gasteiger partial charge is 0.144 e. The third kappa shape index (κ3) is 2.66. The van der Waals surface area contributed by atoms with Gasteiger partial charge in [-0.3, -0.25) is 0 Å². The molecule has 0 atom stereocenters. The molecule has 0 unspecified atom stereocenters. The highest BCUT2D eigenvalue weighted by molar-refractivity contribution is 5.35. The van der Waals surface area contributed by atoms with Crippen LogP contribution in [0.4, 0.5) is 5.82 Å². The molecule has 0 saturated heterocycles. The molecule has 0 aliphatic heterocycles. The zero-order chi connectivity index (χ0) is 9.68. The fourth-order valence-corrected chi connectivity index (χ4v) is 1.15. The summed E-state index contributed by atoms with van der Waals surface area (Å²) in [6.45, 7) is 3.54. The average Bonchev–Trinajstić information content (AvgIpc) is 2.18. The van der Waals surface area contributed by atoms with E-state index in [1.807, 2.05) is 13.1 Å². The molecule has 4 heteroatoms. The Morgan fingerprint density at radius 3 is 2.92 bits per heavy atom. The van der Waals surface area contributed by atoms with Gasteiger partial charge in [-0.1, -0.05) is 6.92 Å². The predicted molar refractivity (Wildman–Crippen MR) is 53.5 cm³/mol. The summed E-state index contributed by atoms with van der Waals surface area (Å²) in [6, 6.07) is 1.90. The van der Waals surface area contributed by atoms with Gasteiger partial charge in [0.2, 0.25) is 0 Å². The van der Waals surface area contributed by atoms with Gasteiger partial charge in [-0.2, -0.15) is 0 Å². The molecule has 0 radical (unpaired) electrons. The number of nitrogens with zero attached hydrogens (tertiary/aromatic N) is 3. The van der Waals surface area contributed by atoms with Crippen molar-refractivity contribution >= 4 is 5.82 Å². The van der Waals surface area contributed by atoms with Crippen LogP contribution in [-0.2, 0) is 6.54 Å². The maximum atomic E-state index is 5.45. The quantitative estimate of drug-likeness (QED) is 0.744. The maximum absolute atomic E-state index is 5.45. The molecule has 1 aromatic heterocycles. The molecule has 1 heterocycles. The Morgan fingerprint density at radius 1 is 1.54 bits per heavy atom. The first-order valence-corrected chi connectivity index (χ1v) is 4.51. The molecule has 0 bridgehead atoms. The first-order valence-electron chi connectivity index (χ1n) is 4.51. The molecule has 72 valence electrons. The van der Waals surface area contributed by atoms with Gasteiger partial charge in [0.05, 0.1) is 6.54 Å². The van der Waals surface area contributed by atoms with Crippen molar-refractivity contribution in [1.29, 1.82) is 0 Å². The van der Waals surface area contributed by atoms with E-state index in [2.05, 4.69) is 21.8 Å². The van der Waals surface area contributed by atoms with Crippen molar-refractivity contribution in [3.05, 3.63) is 18.1 Å². The summed E-state index contributed by atoms with van der Waals surface area (Å²) in [5, 5.41) is 0. The molecule has 2 N–H and O–H groups in total. The molecule has 0 saturated carbocycles. The van der Waals surface area contributed by atoms with Crippen molar-refractivity contribution in [1.82, 2.24) is 9.97 Å². The zero-order valence-electron chi connectivity index (χ0n) is 8.20. The number of anilines is 1. The predicted octanol–water partition coefficient (Wildman–Crippen LogP) is 0.781. The van der Waals surface area contributed by atoms with E-state index in [9.17, 15) is 0 Å². The number of nitrogens with two attached hydrogens (primary N) is 1. The van der Waals surface area contributed by atoms with E-state index in [-0.39, 0.29) is 0 Å². The van der Waals surface area contributed by atoms with Crippen LogP contribution in [0.15, 0.2) is 12.3 Å². The highest BCUT2D eigenvalue weighted by Crippen LogP contribution is 2.07. The van der Waals surface area contributed by atoms with Gasteiger partial charge in [-0.05, 0) is 12.5 Å². The first kappa shape index (κ1) is 9.92. The first-order chi connectivity index (χ1) is 6.27. The average molecular weight is 180 g/mol. The maximum Gasteiger partial charge on any atom is 0.144 e. The van der Waals surface area contributed by atoms with Crippen LogP contribution in [0.2, 0.25) is 0 Å². The number of hydrogen-bond acceptors (Lipinski definition) is 4. The van der Waals surface area contributed by atoms with Crippen molar-refractivity contribution in [2.75, 3.05) is 18.5 Å². The Kier molecular flexibility index (Phi) is 3.64. The van der Waals surface area contributed by atoms with Crippen molar-refractivity contribution in [3.8, 4) is 0 Å². The summed E-state index contributed by atoms with van der Waals surface area (Å²) in [5.74, 6) is 1.64. The van der Waals surface area contributed by atoms with E-state index in [0.717, 1.165) is 18.8 Å². The Hall–Kier alpha value is -1.16. The molecule has 1 rings (SSSR count). The number of rotatable bonds is 4. The van der Waals surface area contributed by atoms with Crippen LogP contribution in [0.1, 0.15) is 19.2 Å². The minimum Gasteiger partial charge on any atom is -0.360 e. The summed E-state index contributed by atoms with van der Waals surface area (Å²) < 4.78 is 0. The fourth-order valence-electron chi connectivity index (χ4n) is 1.15. The molecule has 0 spiro atoms. The van der Waals surface area contributed by atoms with E-state index < -0.39 is 0 Å². The van der Waals surface area contributed by atoms with Gasteiger partial charge in [0.1, 0.15) is 11.6 Å². The Labute approximate surface area is 78.8 Å². The molecule has 0 fully saturated rings. The molecule has 0 amide bonds. The molecular formula is C9H16N4. The molecule has 4 nitrogen and oxygen atoms in total. The Morgan fingerprint density at radius 2 is 2.31 bits per heavy atom. The van der Waals surface area contributed by atoms with Gasteiger partial charge >= 0.3 is 0 Å². The van der Waals surface area contributed by atoms with E-state index in [1.165, 1.54) is 0 Å². The van der Waals surface area contributed by atoms with E-state index in [0.29, 0.717) is 12.4 Å². The molecule has 0 aliphatic rings. The summed E-state index contributed by atoms with van der Waals surface area (Å²) in [4.78, 5) is 10.4. The minimum absolute atomic E-state index is 0.397. The van der Waals surface area contributed by atoms with Gasteiger partial charge in [-0.15, -0.1) is 0 Å². The molecule has 0 aromatic carbocycles. The lowest BCUT2D eigenvalue weighted by Gasteiger charge is -2.16. The summed E-state index contributed by atoms with van der Waals surface area (Å²) in [7, 11) is 2.02. The van der Waals surface area contributed by atoms with Gasteiger partial charge in [0.15, 0.2) is 0 Å². The van der Waals surface area contributed by atoms with Gasteiger partial charge in [-0.25, -0.2) is 9.97 Å². The lowest BCUT2D eigenvalue weighted by molar-refractivity contribution is 0.816. The standard InChI is InChI=1S/C9H16N4/c1-3-6-13(2)9-4-5-11-8(7-10)12-9/h4-5H,3,6-7,10H2,1-2H3. The summed E-state index contributed by atoms with van der Waals surface area (Å²) in [5.41, 5.74) is 5.45. The van der Waals surface area contributed by atoms with Crippen molar-refractivity contribution in [2.24, 2.45) is 5.73 Å². The summed E-state index contributed by atoms with van der Waals surface area (Å²) >= 11 is 0. The SMILES string of the molecule is CCCN(C)c1ccnc(CN)n1. The highest BCUT2D eigenvalue weighted by atomic mass is 15.2. The van der Waals surface area contributed by atoms with Crippen molar-refractivity contribution in [3.63, 3.8) is 0 Å². The molecule has 13 heavy (non-hydrogen) atoms.